The molecule has 1 aromatic heterocycles. The van der Waals surface area contributed by atoms with Crippen LogP contribution in [0.5, 0.6) is 5.75 Å². The Bertz CT molecular complexity index is 1090. The van der Waals surface area contributed by atoms with Gasteiger partial charge in [0.05, 0.1) is 16.9 Å². The Labute approximate surface area is 181 Å². The SMILES string of the molecule is Cc1cc(SCc2nn(-c3ccc(C(F)(F)F)cc3)c(C)c2C)ccc1OCC(=O)O. The number of halogens is 3. The third kappa shape index (κ3) is 5.41. The molecule has 0 bridgehead atoms. The summed E-state index contributed by atoms with van der Waals surface area (Å²) in [7, 11) is 0. The fourth-order valence-corrected chi connectivity index (χ4v) is 3.99. The summed E-state index contributed by atoms with van der Waals surface area (Å²) in [5.74, 6) is 0.0624. The minimum absolute atomic E-state index is 0.396. The highest BCUT2D eigenvalue weighted by Gasteiger charge is 2.30. The normalized spacial score (nSPS) is 11.5. The minimum Gasteiger partial charge on any atom is -0.482 e. The van der Waals surface area contributed by atoms with Crippen molar-refractivity contribution < 1.29 is 27.8 Å². The van der Waals surface area contributed by atoms with Crippen molar-refractivity contribution in [3.63, 3.8) is 0 Å². The van der Waals surface area contributed by atoms with Gasteiger partial charge in [-0.1, -0.05) is 0 Å². The number of carboxylic acid groups (broad SMARTS) is 1. The van der Waals surface area contributed by atoms with Gasteiger partial charge in [0.25, 0.3) is 0 Å². The van der Waals surface area contributed by atoms with E-state index in [1.54, 1.807) is 22.5 Å². The van der Waals surface area contributed by atoms with Gasteiger partial charge in [0.1, 0.15) is 5.75 Å². The fourth-order valence-electron chi connectivity index (χ4n) is 2.98. The van der Waals surface area contributed by atoms with Crippen LogP contribution in [-0.2, 0) is 16.7 Å². The van der Waals surface area contributed by atoms with E-state index in [4.69, 9.17) is 9.84 Å². The van der Waals surface area contributed by atoms with Crippen molar-refractivity contribution in [1.29, 1.82) is 0 Å². The summed E-state index contributed by atoms with van der Waals surface area (Å²) in [4.78, 5) is 11.6. The van der Waals surface area contributed by atoms with Crippen LogP contribution in [0.3, 0.4) is 0 Å². The number of ether oxygens (including phenoxy) is 1. The molecule has 0 aliphatic carbocycles. The Balaban J connectivity index is 1.74. The Kier molecular flexibility index (Phi) is 6.64. The molecule has 0 unspecified atom stereocenters. The number of aliphatic carboxylic acids is 1. The Morgan fingerprint density at radius 2 is 1.81 bits per heavy atom. The van der Waals surface area contributed by atoms with Gasteiger partial charge in [0.2, 0.25) is 0 Å². The molecule has 0 saturated heterocycles. The summed E-state index contributed by atoms with van der Waals surface area (Å²) >= 11 is 1.56. The second-order valence-electron chi connectivity index (χ2n) is 7.01. The molecule has 9 heteroatoms. The van der Waals surface area contributed by atoms with Crippen molar-refractivity contribution in [2.45, 2.75) is 37.6 Å². The van der Waals surface area contributed by atoms with E-state index < -0.39 is 24.3 Å². The highest BCUT2D eigenvalue weighted by atomic mass is 32.2. The number of alkyl halides is 3. The molecular weight excluding hydrogens is 429 g/mol. The van der Waals surface area contributed by atoms with E-state index in [1.807, 2.05) is 32.9 Å². The zero-order valence-electron chi connectivity index (χ0n) is 17.2. The molecule has 0 aliphatic heterocycles. The third-order valence-corrected chi connectivity index (χ3v) is 5.83. The van der Waals surface area contributed by atoms with E-state index in [1.165, 1.54) is 12.1 Å². The van der Waals surface area contributed by atoms with Crippen molar-refractivity contribution in [2.75, 3.05) is 6.61 Å². The van der Waals surface area contributed by atoms with Gasteiger partial charge < -0.3 is 9.84 Å². The number of carboxylic acids is 1. The summed E-state index contributed by atoms with van der Waals surface area (Å²) < 4.78 is 45.3. The summed E-state index contributed by atoms with van der Waals surface area (Å²) in [6.45, 7) is 5.27. The van der Waals surface area contributed by atoms with Crippen LogP contribution in [0.15, 0.2) is 47.4 Å². The van der Waals surface area contributed by atoms with Crippen molar-refractivity contribution in [1.82, 2.24) is 9.78 Å². The largest absolute Gasteiger partial charge is 0.482 e. The van der Waals surface area contributed by atoms with Crippen LogP contribution in [0.2, 0.25) is 0 Å². The standard InChI is InChI=1S/C22H21F3N2O3S/c1-13-10-18(8-9-20(13)30-11-21(28)29)31-12-19-14(2)15(3)27(26-19)17-6-4-16(5-7-17)22(23,24)25/h4-10H,11-12H2,1-3H3,(H,28,29). The van der Waals surface area contributed by atoms with Crippen LogP contribution in [0.25, 0.3) is 5.69 Å². The van der Waals surface area contributed by atoms with Gasteiger partial charge in [0, 0.05) is 16.3 Å². The van der Waals surface area contributed by atoms with Gasteiger partial charge >= 0.3 is 12.1 Å². The maximum Gasteiger partial charge on any atom is 0.416 e. The monoisotopic (exact) mass is 450 g/mol. The van der Waals surface area contributed by atoms with Crippen LogP contribution in [-0.4, -0.2) is 27.5 Å². The van der Waals surface area contributed by atoms with Crippen LogP contribution in [0.4, 0.5) is 13.2 Å². The predicted octanol–water partition coefficient (Wildman–Crippen LogP) is 5.57. The van der Waals surface area contributed by atoms with Crippen LogP contribution in [0.1, 0.15) is 28.1 Å². The summed E-state index contributed by atoms with van der Waals surface area (Å²) in [5.41, 5.74) is 3.38. The highest BCUT2D eigenvalue weighted by Crippen LogP contribution is 2.31. The summed E-state index contributed by atoms with van der Waals surface area (Å²) in [6.07, 6.45) is -4.37. The first-order chi connectivity index (χ1) is 14.6. The molecule has 31 heavy (non-hydrogen) atoms. The number of hydrogen-bond donors (Lipinski definition) is 1. The average Bonchev–Trinajstić information content (AvgIpc) is 2.99. The van der Waals surface area contributed by atoms with E-state index in [9.17, 15) is 18.0 Å². The molecule has 0 amide bonds. The molecule has 0 saturated carbocycles. The maximum atomic E-state index is 12.8. The van der Waals surface area contributed by atoms with Gasteiger partial charge in [-0.2, -0.15) is 18.3 Å². The lowest BCUT2D eigenvalue weighted by atomic mass is 10.2. The molecule has 3 rings (SSSR count). The summed E-state index contributed by atoms with van der Waals surface area (Å²) in [6, 6.07) is 10.4. The molecule has 0 radical (unpaired) electrons. The Morgan fingerprint density at radius 3 is 2.39 bits per heavy atom. The number of aromatic nitrogens is 2. The first-order valence-electron chi connectivity index (χ1n) is 9.37. The van der Waals surface area contributed by atoms with Gasteiger partial charge in [-0.3, -0.25) is 0 Å². The predicted molar refractivity (Wildman–Crippen MR) is 112 cm³/mol. The molecule has 0 aliphatic rings. The number of hydrogen-bond acceptors (Lipinski definition) is 4. The van der Waals surface area contributed by atoms with E-state index in [2.05, 4.69) is 5.10 Å². The second-order valence-corrected chi connectivity index (χ2v) is 8.06. The number of carbonyl (C=O) groups is 1. The highest BCUT2D eigenvalue weighted by molar-refractivity contribution is 7.98. The smallest absolute Gasteiger partial charge is 0.416 e. The lowest BCUT2D eigenvalue weighted by Gasteiger charge is -2.09. The fraction of sp³-hybridized carbons (Fsp3) is 0.273. The molecule has 164 valence electrons. The lowest BCUT2D eigenvalue weighted by molar-refractivity contribution is -0.139. The van der Waals surface area contributed by atoms with Gasteiger partial charge in [-0.05, 0) is 74.4 Å². The number of nitrogens with zero attached hydrogens (tertiary/aromatic N) is 2. The van der Waals surface area contributed by atoms with Crippen LogP contribution < -0.4 is 4.74 Å². The zero-order chi connectivity index (χ0) is 22.8. The summed E-state index contributed by atoms with van der Waals surface area (Å²) in [5, 5.41) is 13.3. The number of benzene rings is 2. The third-order valence-electron chi connectivity index (χ3n) is 4.83. The van der Waals surface area contributed by atoms with Crippen molar-refractivity contribution in [3.8, 4) is 11.4 Å². The molecule has 3 aromatic rings. The van der Waals surface area contributed by atoms with Crippen molar-refractivity contribution in [2.24, 2.45) is 0 Å². The van der Waals surface area contributed by atoms with E-state index in [0.29, 0.717) is 17.2 Å². The second kappa shape index (κ2) is 9.05. The molecule has 2 aromatic carbocycles. The molecule has 1 heterocycles. The molecule has 1 N–H and O–H groups in total. The molecule has 5 nitrogen and oxygen atoms in total. The molecule has 0 fully saturated rings. The quantitative estimate of drug-likeness (QED) is 0.477. The van der Waals surface area contributed by atoms with Gasteiger partial charge in [-0.25, -0.2) is 9.48 Å². The van der Waals surface area contributed by atoms with Crippen LogP contribution >= 0.6 is 11.8 Å². The maximum absolute atomic E-state index is 12.8. The van der Waals surface area contributed by atoms with E-state index >= 15 is 0 Å². The molecular formula is C22H21F3N2O3S. The zero-order valence-corrected chi connectivity index (χ0v) is 18.0. The number of aryl methyl sites for hydroxylation is 1. The average molecular weight is 450 g/mol. The van der Waals surface area contributed by atoms with E-state index in [0.717, 1.165) is 39.5 Å². The Hall–Kier alpha value is -2.94. The van der Waals surface area contributed by atoms with Gasteiger partial charge in [-0.15, -0.1) is 11.8 Å². The van der Waals surface area contributed by atoms with Crippen LogP contribution in [0, 0.1) is 20.8 Å². The lowest BCUT2D eigenvalue weighted by Crippen LogP contribution is -2.09. The molecule has 0 atom stereocenters. The van der Waals surface area contributed by atoms with Crippen molar-refractivity contribution in [3.05, 3.63) is 70.5 Å². The van der Waals surface area contributed by atoms with Crippen molar-refractivity contribution >= 4 is 17.7 Å². The topological polar surface area (TPSA) is 64.4 Å². The molecule has 0 spiro atoms. The first-order valence-corrected chi connectivity index (χ1v) is 10.4. The number of rotatable bonds is 7. The Morgan fingerprint density at radius 1 is 1.13 bits per heavy atom. The van der Waals surface area contributed by atoms with Gasteiger partial charge in [0.15, 0.2) is 6.61 Å². The van der Waals surface area contributed by atoms with E-state index in [-0.39, 0.29) is 0 Å². The number of thioether (sulfide) groups is 1. The minimum atomic E-state index is -4.37. The first kappa shape index (κ1) is 22.7.